The van der Waals surface area contributed by atoms with E-state index in [4.69, 9.17) is 4.74 Å². The van der Waals surface area contributed by atoms with Crippen molar-refractivity contribution in [1.29, 1.82) is 0 Å². The molecule has 2 unspecified atom stereocenters. The van der Waals surface area contributed by atoms with Crippen molar-refractivity contribution in [3.05, 3.63) is 54.0 Å². The Hall–Kier alpha value is -2.40. The number of fused-ring (bicyclic) bond motifs is 2. The summed E-state index contributed by atoms with van der Waals surface area (Å²) in [4.78, 5) is 9.23. The first-order chi connectivity index (χ1) is 13.7. The minimum Gasteiger partial charge on any atom is -0.384 e. The third kappa shape index (κ3) is 2.98. The van der Waals surface area contributed by atoms with Crippen LogP contribution in [0, 0.1) is 11.8 Å². The number of rotatable bonds is 5. The van der Waals surface area contributed by atoms with E-state index in [0.29, 0.717) is 23.9 Å². The summed E-state index contributed by atoms with van der Waals surface area (Å²) in [7, 11) is 1.80. The van der Waals surface area contributed by atoms with Gasteiger partial charge in [-0.05, 0) is 54.7 Å². The van der Waals surface area contributed by atoms with E-state index in [1.807, 2.05) is 0 Å². The van der Waals surface area contributed by atoms with Gasteiger partial charge in [0.25, 0.3) is 0 Å². The normalized spacial score (nSPS) is 26.6. The summed E-state index contributed by atoms with van der Waals surface area (Å²) < 4.78 is 7.78. The lowest BCUT2D eigenvalue weighted by Crippen LogP contribution is -2.11. The second-order valence-corrected chi connectivity index (χ2v) is 8.43. The molecule has 1 saturated carbocycles. The van der Waals surface area contributed by atoms with Crippen LogP contribution in [-0.2, 0) is 11.2 Å². The molecule has 0 bridgehead atoms. The molecule has 146 valence electrons. The number of ether oxygens (including phenoxy) is 1. The molecular formula is C23H28N4O. The molecule has 0 aliphatic heterocycles. The maximum absolute atomic E-state index is 5.43. The summed E-state index contributed by atoms with van der Waals surface area (Å²) in [6, 6.07) is 11.7. The van der Waals surface area contributed by atoms with Gasteiger partial charge < -0.3 is 14.6 Å². The first kappa shape index (κ1) is 17.7. The molecule has 3 aromatic rings. The molecule has 2 aliphatic rings. The second-order valence-electron chi connectivity index (χ2n) is 8.43. The minimum atomic E-state index is 0.329. The van der Waals surface area contributed by atoms with E-state index in [1.54, 1.807) is 13.4 Å². The van der Waals surface area contributed by atoms with Gasteiger partial charge in [-0.15, -0.1) is 0 Å². The van der Waals surface area contributed by atoms with Crippen LogP contribution in [-0.4, -0.2) is 28.3 Å². The Bertz CT molecular complexity index is 982. The van der Waals surface area contributed by atoms with Gasteiger partial charge in [0.15, 0.2) is 0 Å². The molecule has 1 N–H and O–H groups in total. The van der Waals surface area contributed by atoms with Gasteiger partial charge in [-0.3, -0.25) is 0 Å². The quantitative estimate of drug-likeness (QED) is 0.697. The van der Waals surface area contributed by atoms with Crippen LogP contribution in [0.25, 0.3) is 11.0 Å². The van der Waals surface area contributed by atoms with Crippen molar-refractivity contribution in [2.75, 3.05) is 19.0 Å². The Kier molecular flexibility index (Phi) is 4.55. The summed E-state index contributed by atoms with van der Waals surface area (Å²) in [5.41, 5.74) is 3.90. The zero-order valence-corrected chi connectivity index (χ0v) is 16.6. The van der Waals surface area contributed by atoms with Crippen molar-refractivity contribution in [2.45, 2.75) is 44.7 Å². The predicted octanol–water partition coefficient (Wildman–Crippen LogP) is 4.76. The highest BCUT2D eigenvalue weighted by Crippen LogP contribution is 2.41. The van der Waals surface area contributed by atoms with Crippen LogP contribution in [0.5, 0.6) is 0 Å². The smallest absolute Gasteiger partial charge is 0.145 e. The largest absolute Gasteiger partial charge is 0.384 e. The fraction of sp³-hybridized carbons (Fsp3) is 0.478. The summed E-state index contributed by atoms with van der Waals surface area (Å²) in [5, 5.41) is 4.82. The van der Waals surface area contributed by atoms with Crippen LogP contribution in [0.15, 0.2) is 42.9 Å². The molecule has 4 atom stereocenters. The maximum atomic E-state index is 5.43. The molecule has 0 radical (unpaired) electrons. The van der Waals surface area contributed by atoms with Crippen LogP contribution < -0.4 is 5.32 Å². The third-order valence-corrected chi connectivity index (χ3v) is 6.75. The second kappa shape index (κ2) is 7.21. The number of methoxy groups -OCH3 is 1. The standard InChI is InChI=1S/C23H28N4O/c1-15-11-18(12-17(15)13-28-2)27-10-9-20-22(24-14-25-23(20)27)26-21-8-7-16-5-3-4-6-19(16)21/h3-6,9-10,14-15,17-18,21H,7-8,11-13H2,1-2H3,(H,24,25,26)/t15?,17-,18-,21?/m0/s1. The number of nitrogens with one attached hydrogen (secondary N) is 1. The molecule has 1 fully saturated rings. The maximum Gasteiger partial charge on any atom is 0.145 e. The van der Waals surface area contributed by atoms with Gasteiger partial charge in [-0.25, -0.2) is 9.97 Å². The van der Waals surface area contributed by atoms with E-state index in [9.17, 15) is 0 Å². The zero-order chi connectivity index (χ0) is 19.1. The van der Waals surface area contributed by atoms with Crippen LogP contribution in [0.3, 0.4) is 0 Å². The van der Waals surface area contributed by atoms with E-state index in [0.717, 1.165) is 42.7 Å². The van der Waals surface area contributed by atoms with Crippen molar-refractivity contribution < 1.29 is 4.74 Å². The molecule has 0 amide bonds. The lowest BCUT2D eigenvalue weighted by molar-refractivity contribution is 0.136. The Morgan fingerprint density at radius 3 is 2.96 bits per heavy atom. The number of benzene rings is 1. The Labute approximate surface area is 166 Å². The molecule has 5 rings (SSSR count). The van der Waals surface area contributed by atoms with Crippen molar-refractivity contribution in [2.24, 2.45) is 11.8 Å². The van der Waals surface area contributed by atoms with Crippen LogP contribution in [0.4, 0.5) is 5.82 Å². The lowest BCUT2D eigenvalue weighted by atomic mass is 10.00. The fourth-order valence-corrected chi connectivity index (χ4v) is 5.23. The lowest BCUT2D eigenvalue weighted by Gasteiger charge is -2.16. The highest BCUT2D eigenvalue weighted by molar-refractivity contribution is 5.87. The number of hydrogen-bond donors (Lipinski definition) is 1. The molecule has 2 heterocycles. The van der Waals surface area contributed by atoms with E-state index >= 15 is 0 Å². The number of aryl methyl sites for hydroxylation is 1. The van der Waals surface area contributed by atoms with Crippen molar-refractivity contribution in [3.63, 3.8) is 0 Å². The summed E-state index contributed by atoms with van der Waals surface area (Å²) in [5.74, 6) is 2.25. The summed E-state index contributed by atoms with van der Waals surface area (Å²) in [6.07, 6.45) is 8.48. The number of anilines is 1. The molecule has 0 spiro atoms. The first-order valence-corrected chi connectivity index (χ1v) is 10.4. The van der Waals surface area contributed by atoms with Gasteiger partial charge in [0, 0.05) is 26.0 Å². The number of nitrogens with zero attached hydrogens (tertiary/aromatic N) is 3. The van der Waals surface area contributed by atoms with E-state index in [2.05, 4.69) is 63.3 Å². The van der Waals surface area contributed by atoms with E-state index < -0.39 is 0 Å². The van der Waals surface area contributed by atoms with E-state index in [-0.39, 0.29) is 0 Å². The molecular weight excluding hydrogens is 348 g/mol. The van der Waals surface area contributed by atoms with E-state index in [1.165, 1.54) is 17.5 Å². The molecule has 5 heteroatoms. The van der Waals surface area contributed by atoms with Gasteiger partial charge >= 0.3 is 0 Å². The first-order valence-electron chi connectivity index (χ1n) is 10.4. The average molecular weight is 377 g/mol. The van der Waals surface area contributed by atoms with Crippen molar-refractivity contribution in [3.8, 4) is 0 Å². The minimum absolute atomic E-state index is 0.329. The highest BCUT2D eigenvalue weighted by Gasteiger charge is 2.33. The van der Waals surface area contributed by atoms with Crippen LogP contribution in [0.2, 0.25) is 0 Å². The fourth-order valence-electron chi connectivity index (χ4n) is 5.23. The van der Waals surface area contributed by atoms with Gasteiger partial charge in [0.2, 0.25) is 0 Å². The Balaban J connectivity index is 1.42. The number of aromatic nitrogens is 3. The van der Waals surface area contributed by atoms with Crippen molar-refractivity contribution >= 4 is 16.9 Å². The molecule has 28 heavy (non-hydrogen) atoms. The zero-order valence-electron chi connectivity index (χ0n) is 16.6. The third-order valence-electron chi connectivity index (χ3n) is 6.75. The average Bonchev–Trinajstić information content (AvgIpc) is 3.40. The highest BCUT2D eigenvalue weighted by atomic mass is 16.5. The number of hydrogen-bond acceptors (Lipinski definition) is 4. The molecule has 2 aromatic heterocycles. The topological polar surface area (TPSA) is 52.0 Å². The van der Waals surface area contributed by atoms with Crippen LogP contribution in [0.1, 0.15) is 49.4 Å². The summed E-state index contributed by atoms with van der Waals surface area (Å²) in [6.45, 7) is 3.19. The van der Waals surface area contributed by atoms with Gasteiger partial charge in [-0.2, -0.15) is 0 Å². The van der Waals surface area contributed by atoms with Gasteiger partial charge in [-0.1, -0.05) is 31.2 Å². The van der Waals surface area contributed by atoms with Crippen LogP contribution >= 0.6 is 0 Å². The molecule has 1 aromatic carbocycles. The van der Waals surface area contributed by atoms with Crippen molar-refractivity contribution in [1.82, 2.24) is 14.5 Å². The summed E-state index contributed by atoms with van der Waals surface area (Å²) >= 11 is 0. The Morgan fingerprint density at radius 2 is 2.07 bits per heavy atom. The monoisotopic (exact) mass is 376 g/mol. The molecule has 2 aliphatic carbocycles. The predicted molar refractivity (Wildman–Crippen MR) is 111 cm³/mol. The SMILES string of the molecule is COC[C@@H]1C[C@@H](n2ccc3c(NC4CCc5ccccc54)ncnc32)CC1C. The molecule has 0 saturated heterocycles. The Morgan fingerprint density at radius 1 is 1.18 bits per heavy atom. The van der Waals surface area contributed by atoms with Gasteiger partial charge in [0.1, 0.15) is 17.8 Å². The molecule has 5 nitrogen and oxygen atoms in total. The van der Waals surface area contributed by atoms with Gasteiger partial charge in [0.05, 0.1) is 11.4 Å².